The molecular weight excluding hydrogens is 462 g/mol. The number of benzene rings is 3. The van der Waals surface area contributed by atoms with Crippen LogP contribution in [0.2, 0.25) is 5.02 Å². The first kappa shape index (κ1) is 23.5. The second-order valence-corrected chi connectivity index (χ2v) is 8.36. The standard InChI is InChI=1S/C25H21ClF2N4O2/c1-16(25(34,13-32-15-29-14-30-32)22-10-9-21(27)12-23(22)28)31-24(33)19-4-2-3-18(11-19)17-5-7-20(26)8-6-17/h2-12,14-16,34H,13H2,1H3,(H,31,33)/t16-,25-/m1/s1. The Labute approximate surface area is 199 Å². The maximum atomic E-state index is 14.7. The second-order valence-electron chi connectivity index (χ2n) is 7.92. The highest BCUT2D eigenvalue weighted by Crippen LogP contribution is 2.30. The van der Waals surface area contributed by atoms with Gasteiger partial charge in [0.25, 0.3) is 5.91 Å². The van der Waals surface area contributed by atoms with Gasteiger partial charge in [-0.05, 0) is 48.4 Å². The Bertz CT molecular complexity index is 1300. The number of aliphatic hydroxyl groups is 1. The number of aromatic nitrogens is 3. The summed E-state index contributed by atoms with van der Waals surface area (Å²) < 4.78 is 29.5. The van der Waals surface area contributed by atoms with Crippen molar-refractivity contribution in [3.8, 4) is 11.1 Å². The molecule has 3 aromatic carbocycles. The van der Waals surface area contributed by atoms with E-state index in [0.717, 1.165) is 23.3 Å². The Morgan fingerprint density at radius 3 is 2.56 bits per heavy atom. The van der Waals surface area contributed by atoms with Crippen LogP contribution in [0.25, 0.3) is 11.1 Å². The van der Waals surface area contributed by atoms with Crippen LogP contribution in [0, 0.1) is 11.6 Å². The summed E-state index contributed by atoms with van der Waals surface area (Å²) in [7, 11) is 0. The normalized spacial score (nSPS) is 13.8. The maximum Gasteiger partial charge on any atom is 0.251 e. The molecule has 0 saturated carbocycles. The number of nitrogens with zero attached hydrogens (tertiary/aromatic N) is 3. The van der Waals surface area contributed by atoms with E-state index in [4.69, 9.17) is 11.6 Å². The fraction of sp³-hybridized carbons (Fsp3) is 0.160. The molecule has 1 heterocycles. The van der Waals surface area contributed by atoms with Crippen molar-refractivity contribution in [3.63, 3.8) is 0 Å². The number of carbonyl (C=O) groups is 1. The first-order valence-corrected chi connectivity index (χ1v) is 10.8. The van der Waals surface area contributed by atoms with Crippen molar-refractivity contribution in [2.24, 2.45) is 0 Å². The van der Waals surface area contributed by atoms with Gasteiger partial charge in [-0.1, -0.05) is 41.9 Å². The van der Waals surface area contributed by atoms with Crippen LogP contribution in [0.3, 0.4) is 0 Å². The molecule has 4 rings (SSSR count). The molecule has 174 valence electrons. The molecule has 2 N–H and O–H groups in total. The summed E-state index contributed by atoms with van der Waals surface area (Å²) in [6.45, 7) is 1.32. The third-order valence-corrected chi connectivity index (χ3v) is 5.89. The van der Waals surface area contributed by atoms with Gasteiger partial charge in [-0.3, -0.25) is 4.79 Å². The minimum atomic E-state index is -1.95. The monoisotopic (exact) mass is 482 g/mol. The molecule has 34 heavy (non-hydrogen) atoms. The summed E-state index contributed by atoms with van der Waals surface area (Å²) >= 11 is 5.96. The first-order chi connectivity index (χ1) is 16.3. The molecule has 0 fully saturated rings. The van der Waals surface area contributed by atoms with Gasteiger partial charge in [-0.2, -0.15) is 5.10 Å². The summed E-state index contributed by atoms with van der Waals surface area (Å²) in [5.74, 6) is -2.18. The summed E-state index contributed by atoms with van der Waals surface area (Å²) in [6, 6.07) is 16.1. The maximum absolute atomic E-state index is 14.7. The molecule has 0 unspecified atom stereocenters. The second kappa shape index (κ2) is 9.70. The Kier molecular flexibility index (Phi) is 6.72. The van der Waals surface area contributed by atoms with Crippen LogP contribution in [0.15, 0.2) is 79.4 Å². The zero-order valence-electron chi connectivity index (χ0n) is 18.1. The van der Waals surface area contributed by atoms with E-state index >= 15 is 0 Å². The highest BCUT2D eigenvalue weighted by Gasteiger charge is 2.40. The lowest BCUT2D eigenvalue weighted by Crippen LogP contribution is -2.51. The van der Waals surface area contributed by atoms with Gasteiger partial charge in [-0.15, -0.1) is 0 Å². The van der Waals surface area contributed by atoms with Crippen molar-refractivity contribution >= 4 is 17.5 Å². The molecule has 0 radical (unpaired) electrons. The molecule has 0 aliphatic rings. The van der Waals surface area contributed by atoms with Crippen LogP contribution in [-0.4, -0.2) is 31.8 Å². The van der Waals surface area contributed by atoms with Gasteiger partial charge >= 0.3 is 0 Å². The van der Waals surface area contributed by atoms with Gasteiger partial charge in [-0.25, -0.2) is 18.4 Å². The highest BCUT2D eigenvalue weighted by molar-refractivity contribution is 6.30. The van der Waals surface area contributed by atoms with Crippen LogP contribution < -0.4 is 5.32 Å². The predicted molar refractivity (Wildman–Crippen MR) is 124 cm³/mol. The smallest absolute Gasteiger partial charge is 0.251 e. The minimum Gasteiger partial charge on any atom is -0.381 e. The number of hydrogen-bond donors (Lipinski definition) is 2. The molecule has 9 heteroatoms. The molecule has 0 aliphatic carbocycles. The average Bonchev–Trinajstić information content (AvgIpc) is 3.32. The van der Waals surface area contributed by atoms with Crippen molar-refractivity contribution in [2.75, 3.05) is 0 Å². The fourth-order valence-corrected chi connectivity index (χ4v) is 3.86. The van der Waals surface area contributed by atoms with Crippen LogP contribution in [0.1, 0.15) is 22.8 Å². The molecule has 0 bridgehead atoms. The summed E-state index contributed by atoms with van der Waals surface area (Å²) in [4.78, 5) is 16.9. The van der Waals surface area contributed by atoms with Crippen LogP contribution in [0.5, 0.6) is 0 Å². The van der Waals surface area contributed by atoms with Gasteiger partial charge in [0.2, 0.25) is 0 Å². The van der Waals surface area contributed by atoms with Gasteiger partial charge in [0.05, 0.1) is 12.6 Å². The third-order valence-electron chi connectivity index (χ3n) is 5.63. The molecule has 0 saturated heterocycles. The van der Waals surface area contributed by atoms with Crippen molar-refractivity contribution < 1.29 is 18.7 Å². The lowest BCUT2D eigenvalue weighted by Gasteiger charge is -2.35. The van der Waals surface area contributed by atoms with Gasteiger partial charge < -0.3 is 10.4 Å². The zero-order valence-corrected chi connectivity index (χ0v) is 18.9. The van der Waals surface area contributed by atoms with Crippen molar-refractivity contribution in [3.05, 3.63) is 107 Å². The Hall–Kier alpha value is -3.62. The summed E-state index contributed by atoms with van der Waals surface area (Å²) in [6.07, 6.45) is 2.63. The first-order valence-electron chi connectivity index (χ1n) is 10.4. The molecular formula is C25H21ClF2N4O2. The van der Waals surface area contributed by atoms with E-state index in [2.05, 4.69) is 15.4 Å². The molecule has 0 aliphatic heterocycles. The Morgan fingerprint density at radius 1 is 1.12 bits per heavy atom. The van der Waals surface area contributed by atoms with E-state index in [-0.39, 0.29) is 12.1 Å². The van der Waals surface area contributed by atoms with E-state index in [9.17, 15) is 18.7 Å². The van der Waals surface area contributed by atoms with E-state index in [1.807, 2.05) is 18.2 Å². The Morgan fingerprint density at radius 2 is 1.88 bits per heavy atom. The number of amides is 1. The number of rotatable bonds is 7. The topological polar surface area (TPSA) is 80.0 Å². The number of nitrogens with one attached hydrogen (secondary N) is 1. The predicted octanol–water partition coefficient (Wildman–Crippen LogP) is 4.58. The summed E-state index contributed by atoms with van der Waals surface area (Å²) in [5.41, 5.74) is -0.0914. The zero-order chi connectivity index (χ0) is 24.3. The fourth-order valence-electron chi connectivity index (χ4n) is 3.74. The quantitative estimate of drug-likeness (QED) is 0.404. The van der Waals surface area contributed by atoms with E-state index in [1.165, 1.54) is 17.3 Å². The van der Waals surface area contributed by atoms with Crippen molar-refractivity contribution in [1.82, 2.24) is 20.1 Å². The van der Waals surface area contributed by atoms with Crippen molar-refractivity contribution in [1.29, 1.82) is 0 Å². The lowest BCUT2D eigenvalue weighted by molar-refractivity contribution is -0.0186. The van der Waals surface area contributed by atoms with Crippen LogP contribution >= 0.6 is 11.6 Å². The summed E-state index contributed by atoms with van der Waals surface area (Å²) in [5, 5.41) is 18.9. The highest BCUT2D eigenvalue weighted by atomic mass is 35.5. The average molecular weight is 483 g/mol. The number of carbonyl (C=O) groups excluding carboxylic acids is 1. The molecule has 4 aromatic rings. The molecule has 6 nitrogen and oxygen atoms in total. The van der Waals surface area contributed by atoms with Gasteiger partial charge in [0.15, 0.2) is 0 Å². The third kappa shape index (κ3) is 4.98. The van der Waals surface area contributed by atoms with Gasteiger partial charge in [0.1, 0.15) is 29.9 Å². The van der Waals surface area contributed by atoms with Gasteiger partial charge in [0, 0.05) is 22.2 Å². The molecule has 1 amide bonds. The van der Waals surface area contributed by atoms with E-state index < -0.39 is 29.2 Å². The molecule has 2 atom stereocenters. The van der Waals surface area contributed by atoms with E-state index in [1.54, 1.807) is 37.3 Å². The Balaban J connectivity index is 1.62. The number of hydrogen-bond acceptors (Lipinski definition) is 4. The molecule has 0 spiro atoms. The van der Waals surface area contributed by atoms with Crippen LogP contribution in [0.4, 0.5) is 8.78 Å². The number of halogens is 3. The molecule has 1 aromatic heterocycles. The van der Waals surface area contributed by atoms with E-state index in [0.29, 0.717) is 16.7 Å². The largest absolute Gasteiger partial charge is 0.381 e. The van der Waals surface area contributed by atoms with Crippen LogP contribution in [-0.2, 0) is 12.1 Å². The lowest BCUT2D eigenvalue weighted by atomic mass is 9.86. The minimum absolute atomic E-state index is 0.174. The van der Waals surface area contributed by atoms with Crippen molar-refractivity contribution in [2.45, 2.75) is 25.1 Å². The SMILES string of the molecule is C[C@@H](NC(=O)c1cccc(-c2ccc(Cl)cc2)c1)[C@](O)(Cn1cncn1)c1ccc(F)cc1F.